The van der Waals surface area contributed by atoms with E-state index in [-0.39, 0.29) is 12.3 Å². The number of imidazole rings is 1. The lowest BCUT2D eigenvalue weighted by molar-refractivity contribution is -0.136. The number of aromatic nitrogens is 3. The van der Waals surface area contributed by atoms with Crippen LogP contribution in [0.1, 0.15) is 50.1 Å². The molecule has 0 atom stereocenters. The fourth-order valence-electron chi connectivity index (χ4n) is 4.60. The van der Waals surface area contributed by atoms with E-state index in [1.165, 1.54) is 0 Å². The van der Waals surface area contributed by atoms with Crippen molar-refractivity contribution in [3.05, 3.63) is 65.5 Å². The maximum atomic E-state index is 12.4. The molecule has 3 N–H and O–H groups in total. The summed E-state index contributed by atoms with van der Waals surface area (Å²) >= 11 is 0. The van der Waals surface area contributed by atoms with Crippen LogP contribution in [0.5, 0.6) is 0 Å². The van der Waals surface area contributed by atoms with Crippen molar-refractivity contribution in [2.75, 3.05) is 12.3 Å². The Kier molecular flexibility index (Phi) is 7.83. The molecule has 8 heteroatoms. The van der Waals surface area contributed by atoms with Crippen LogP contribution in [-0.2, 0) is 35.5 Å². The molecule has 0 radical (unpaired) electrons. The van der Waals surface area contributed by atoms with Crippen LogP contribution in [0.15, 0.2) is 48.5 Å². The normalized spacial score (nSPS) is 11.3. The first-order chi connectivity index (χ1) is 17.4. The predicted octanol–water partition coefficient (Wildman–Crippen LogP) is 4.58. The lowest BCUT2D eigenvalue weighted by Gasteiger charge is -2.22. The summed E-state index contributed by atoms with van der Waals surface area (Å²) in [7, 11) is 0. The smallest absolute Gasteiger partial charge is 0.307 e. The first kappa shape index (κ1) is 25.2. The molecule has 1 amide bonds. The van der Waals surface area contributed by atoms with Gasteiger partial charge in [0.1, 0.15) is 11.3 Å². The summed E-state index contributed by atoms with van der Waals surface area (Å²) in [5.74, 6) is 0.589. The maximum absolute atomic E-state index is 12.4. The van der Waals surface area contributed by atoms with Gasteiger partial charge in [-0.15, -0.1) is 0 Å². The molecule has 0 spiro atoms. The molecule has 0 unspecified atom stereocenters. The monoisotopic (exact) mass is 487 g/mol. The number of carboxylic acid groups (broad SMARTS) is 1. The zero-order chi connectivity index (χ0) is 25.7. The number of aryl methyl sites for hydroxylation is 2. The van der Waals surface area contributed by atoms with E-state index in [2.05, 4.69) is 22.5 Å². The van der Waals surface area contributed by atoms with Crippen LogP contribution in [0.25, 0.3) is 21.9 Å². The van der Waals surface area contributed by atoms with Gasteiger partial charge in [-0.2, -0.15) is 0 Å². The Balaban J connectivity index is 1.55. The van der Waals surface area contributed by atoms with Gasteiger partial charge in [-0.05, 0) is 30.0 Å². The van der Waals surface area contributed by atoms with Crippen molar-refractivity contribution < 1.29 is 14.7 Å². The van der Waals surface area contributed by atoms with Crippen LogP contribution >= 0.6 is 0 Å². The first-order valence-corrected chi connectivity index (χ1v) is 12.5. The fraction of sp³-hybridized carbons (Fsp3) is 0.357. The van der Waals surface area contributed by atoms with Gasteiger partial charge in [-0.3, -0.25) is 9.59 Å². The van der Waals surface area contributed by atoms with Crippen LogP contribution < -0.4 is 5.73 Å². The third-order valence-corrected chi connectivity index (χ3v) is 6.45. The Labute approximate surface area is 210 Å². The van der Waals surface area contributed by atoms with E-state index >= 15 is 0 Å². The number of benzene rings is 2. The Hall–Kier alpha value is -3.94. The van der Waals surface area contributed by atoms with Gasteiger partial charge < -0.3 is 20.3 Å². The average Bonchev–Trinajstić information content (AvgIpc) is 3.22. The van der Waals surface area contributed by atoms with Gasteiger partial charge in [0.2, 0.25) is 5.91 Å². The van der Waals surface area contributed by atoms with E-state index in [1.807, 2.05) is 47.4 Å². The second kappa shape index (κ2) is 11.2. The number of amides is 1. The van der Waals surface area contributed by atoms with Gasteiger partial charge in [0.05, 0.1) is 17.5 Å². The summed E-state index contributed by atoms with van der Waals surface area (Å²) in [4.78, 5) is 34.6. The maximum Gasteiger partial charge on any atom is 0.307 e. The molecule has 2 aromatic heterocycles. The van der Waals surface area contributed by atoms with Gasteiger partial charge in [0, 0.05) is 38.4 Å². The van der Waals surface area contributed by atoms with E-state index in [0.717, 1.165) is 64.6 Å². The quantitative estimate of drug-likeness (QED) is 0.320. The number of carbonyl (C=O) groups excluding carboxylic acids is 1. The third-order valence-electron chi connectivity index (χ3n) is 6.45. The number of hydrogen-bond acceptors (Lipinski definition) is 5. The minimum absolute atomic E-state index is 0.00482. The van der Waals surface area contributed by atoms with Gasteiger partial charge >= 0.3 is 5.97 Å². The number of aliphatic carboxylic acids is 1. The molecule has 4 rings (SSSR count). The van der Waals surface area contributed by atoms with E-state index in [1.54, 1.807) is 6.92 Å². The molecule has 188 valence electrons. The predicted molar refractivity (Wildman–Crippen MR) is 142 cm³/mol. The Morgan fingerprint density at radius 1 is 1.03 bits per heavy atom. The zero-order valence-electron chi connectivity index (χ0n) is 20.9. The highest BCUT2D eigenvalue weighted by atomic mass is 16.4. The molecule has 2 aromatic carbocycles. The van der Waals surface area contributed by atoms with E-state index in [9.17, 15) is 9.59 Å². The molecule has 0 bridgehead atoms. The number of fused-ring (bicyclic) bond motifs is 3. The van der Waals surface area contributed by atoms with E-state index < -0.39 is 5.97 Å². The zero-order valence-corrected chi connectivity index (χ0v) is 20.9. The number of para-hydroxylation sites is 1. The largest absolute Gasteiger partial charge is 0.481 e. The summed E-state index contributed by atoms with van der Waals surface area (Å²) in [6.07, 6.45) is 3.72. The molecule has 0 aliphatic rings. The summed E-state index contributed by atoms with van der Waals surface area (Å²) in [5.41, 5.74) is 10.6. The summed E-state index contributed by atoms with van der Waals surface area (Å²) in [6.45, 7) is 5.53. The molecule has 2 heterocycles. The van der Waals surface area contributed by atoms with Gasteiger partial charge in [-0.1, -0.05) is 55.8 Å². The standard InChI is InChI=1S/C28H33N5O3/c1-3-4-10-24-31-26-27(22-8-5-6-9-23(22)30-28(26)29)33(24)16-7-15-32(19(2)34)18-21-13-11-20(12-14-21)17-25(35)36/h5-6,8-9,11-14H,3-4,7,10,15-18H2,1-2H3,(H2,29,30)(H,35,36). The van der Waals surface area contributed by atoms with Crippen molar-refractivity contribution in [2.45, 2.75) is 59.0 Å². The Morgan fingerprint density at radius 3 is 2.44 bits per heavy atom. The van der Waals surface area contributed by atoms with Gasteiger partial charge in [0.25, 0.3) is 0 Å². The van der Waals surface area contributed by atoms with E-state index in [0.29, 0.717) is 25.5 Å². The number of nitrogens with two attached hydrogens (primary N) is 1. The number of hydrogen-bond donors (Lipinski definition) is 2. The highest BCUT2D eigenvalue weighted by Gasteiger charge is 2.18. The van der Waals surface area contributed by atoms with Gasteiger partial charge in [0.15, 0.2) is 5.82 Å². The number of carbonyl (C=O) groups is 2. The van der Waals surface area contributed by atoms with E-state index in [4.69, 9.17) is 15.8 Å². The van der Waals surface area contributed by atoms with Crippen LogP contribution in [0, 0.1) is 0 Å². The molecule has 36 heavy (non-hydrogen) atoms. The second-order valence-electron chi connectivity index (χ2n) is 9.18. The number of anilines is 1. The molecule has 0 saturated carbocycles. The van der Waals surface area contributed by atoms with Crippen LogP contribution in [0.4, 0.5) is 5.82 Å². The van der Waals surface area contributed by atoms with Crippen molar-refractivity contribution in [3.8, 4) is 0 Å². The van der Waals surface area contributed by atoms with Crippen molar-refractivity contribution in [3.63, 3.8) is 0 Å². The SMILES string of the molecule is CCCCc1nc2c(N)nc3ccccc3c2n1CCCN(Cc1ccc(CC(=O)O)cc1)C(C)=O. The highest BCUT2D eigenvalue weighted by Crippen LogP contribution is 2.29. The minimum atomic E-state index is -0.858. The molecule has 0 aliphatic heterocycles. The molecule has 4 aromatic rings. The van der Waals surface area contributed by atoms with Crippen molar-refractivity contribution >= 4 is 39.6 Å². The topological polar surface area (TPSA) is 114 Å². The lowest BCUT2D eigenvalue weighted by atomic mass is 10.1. The van der Waals surface area contributed by atoms with Crippen LogP contribution in [-0.4, -0.2) is 43.0 Å². The number of nitrogens with zero attached hydrogens (tertiary/aromatic N) is 4. The van der Waals surface area contributed by atoms with Crippen molar-refractivity contribution in [1.82, 2.24) is 19.4 Å². The highest BCUT2D eigenvalue weighted by molar-refractivity contribution is 6.06. The van der Waals surface area contributed by atoms with Crippen LogP contribution in [0.2, 0.25) is 0 Å². The fourth-order valence-corrected chi connectivity index (χ4v) is 4.60. The lowest BCUT2D eigenvalue weighted by Crippen LogP contribution is -2.30. The molecular weight excluding hydrogens is 454 g/mol. The number of unbranched alkanes of at least 4 members (excludes halogenated alkanes) is 1. The number of rotatable bonds is 11. The van der Waals surface area contributed by atoms with Crippen LogP contribution in [0.3, 0.4) is 0 Å². The van der Waals surface area contributed by atoms with Crippen molar-refractivity contribution in [2.24, 2.45) is 0 Å². The second-order valence-corrected chi connectivity index (χ2v) is 9.18. The molecule has 0 fully saturated rings. The first-order valence-electron chi connectivity index (χ1n) is 12.5. The number of pyridine rings is 1. The molecular formula is C28H33N5O3. The minimum Gasteiger partial charge on any atom is -0.481 e. The molecule has 0 aliphatic carbocycles. The molecule has 8 nitrogen and oxygen atoms in total. The van der Waals surface area contributed by atoms with Gasteiger partial charge in [-0.25, -0.2) is 9.97 Å². The Bertz CT molecular complexity index is 1380. The Morgan fingerprint density at radius 2 is 1.75 bits per heavy atom. The summed E-state index contributed by atoms with van der Waals surface area (Å²) in [5, 5.41) is 10.00. The average molecular weight is 488 g/mol. The molecule has 0 saturated heterocycles. The van der Waals surface area contributed by atoms with Crippen molar-refractivity contribution in [1.29, 1.82) is 0 Å². The number of carboxylic acids is 1. The number of nitrogen functional groups attached to an aromatic ring is 1. The third kappa shape index (κ3) is 5.64. The summed E-state index contributed by atoms with van der Waals surface area (Å²) in [6, 6.07) is 15.4. The summed E-state index contributed by atoms with van der Waals surface area (Å²) < 4.78 is 2.25.